The number of carbonyl (C=O) groups excluding carboxylic acids is 4. The fourth-order valence-electron chi connectivity index (χ4n) is 5.42. The normalized spacial score (nSPS) is 24.8. The number of Topliss-reactive ketones (excluding diaryl/α,β-unsaturated/α-hetero) is 2. The van der Waals surface area contributed by atoms with Crippen LogP contribution in [-0.4, -0.2) is 29.0 Å². The Kier molecular flexibility index (Phi) is 4.66. The van der Waals surface area contributed by atoms with Gasteiger partial charge in [-0.15, -0.1) is 0 Å². The lowest BCUT2D eigenvalue weighted by atomic mass is 9.77. The van der Waals surface area contributed by atoms with E-state index in [1.807, 2.05) is 31.2 Å². The van der Waals surface area contributed by atoms with Crippen molar-refractivity contribution >= 4 is 51.7 Å². The minimum absolute atomic E-state index is 0.226. The summed E-state index contributed by atoms with van der Waals surface area (Å²) in [4.78, 5) is 56.1. The Morgan fingerprint density at radius 3 is 1.97 bits per heavy atom. The third-order valence-corrected chi connectivity index (χ3v) is 7.73. The summed E-state index contributed by atoms with van der Waals surface area (Å²) in [5.41, 5.74) is 0.488. The van der Waals surface area contributed by atoms with Crippen LogP contribution in [0.1, 0.15) is 37.9 Å². The number of halogens is 1. The van der Waals surface area contributed by atoms with E-state index in [1.54, 1.807) is 48.5 Å². The number of hydrogen-bond acceptors (Lipinski definition) is 5. The number of anilines is 1. The molecular weight excluding hydrogens is 545 g/mol. The van der Waals surface area contributed by atoms with Gasteiger partial charge >= 0.3 is 0 Å². The van der Waals surface area contributed by atoms with E-state index in [0.717, 1.165) is 14.0 Å². The first-order chi connectivity index (χ1) is 16.3. The molecule has 1 aliphatic carbocycles. The molecule has 34 heavy (non-hydrogen) atoms. The van der Waals surface area contributed by atoms with E-state index < -0.39 is 46.9 Å². The van der Waals surface area contributed by atoms with E-state index >= 15 is 0 Å². The maximum absolute atomic E-state index is 13.8. The molecule has 3 aromatic carbocycles. The average molecular weight is 563 g/mol. The van der Waals surface area contributed by atoms with E-state index in [9.17, 15) is 19.2 Å². The SMILES string of the molecule is Cc1ccc([C@@H]2OC3(C(=O)c4ccccc4C3=O)[C@H]3C(=O)N(c4ccc(I)cc4)C(=O)[C@H]23)cc1. The molecule has 0 N–H and O–H groups in total. The van der Waals surface area contributed by atoms with Crippen LogP contribution in [0.15, 0.2) is 72.8 Å². The highest BCUT2D eigenvalue weighted by Gasteiger charge is 2.74. The van der Waals surface area contributed by atoms with Crippen LogP contribution >= 0.6 is 22.6 Å². The van der Waals surface area contributed by atoms with Crippen LogP contribution in [0.25, 0.3) is 0 Å². The van der Waals surface area contributed by atoms with Crippen molar-refractivity contribution in [2.45, 2.75) is 18.6 Å². The van der Waals surface area contributed by atoms with Gasteiger partial charge in [0.05, 0.1) is 23.6 Å². The van der Waals surface area contributed by atoms with Gasteiger partial charge < -0.3 is 4.74 Å². The highest BCUT2D eigenvalue weighted by Crippen LogP contribution is 2.57. The van der Waals surface area contributed by atoms with Gasteiger partial charge in [0.15, 0.2) is 0 Å². The fourth-order valence-corrected chi connectivity index (χ4v) is 5.78. The van der Waals surface area contributed by atoms with Crippen molar-refractivity contribution in [2.24, 2.45) is 11.8 Å². The lowest BCUT2D eigenvalue weighted by Gasteiger charge is -2.27. The Hall–Kier alpha value is -3.17. The molecule has 3 atom stereocenters. The molecule has 7 heteroatoms. The maximum atomic E-state index is 13.8. The molecule has 0 aromatic heterocycles. The van der Waals surface area contributed by atoms with E-state index in [1.165, 1.54) is 0 Å². The van der Waals surface area contributed by atoms with Gasteiger partial charge in [-0.25, -0.2) is 4.90 Å². The number of fused-ring (bicyclic) bond motifs is 3. The number of nitrogens with zero attached hydrogens (tertiary/aromatic N) is 1. The number of rotatable bonds is 2. The Labute approximate surface area is 209 Å². The van der Waals surface area contributed by atoms with Crippen molar-refractivity contribution in [3.05, 3.63) is 98.6 Å². The highest BCUT2D eigenvalue weighted by molar-refractivity contribution is 14.1. The van der Waals surface area contributed by atoms with Crippen LogP contribution in [0.3, 0.4) is 0 Å². The van der Waals surface area contributed by atoms with Crippen LogP contribution in [0, 0.1) is 22.3 Å². The van der Waals surface area contributed by atoms with E-state index in [-0.39, 0.29) is 11.1 Å². The van der Waals surface area contributed by atoms with E-state index in [2.05, 4.69) is 22.6 Å². The van der Waals surface area contributed by atoms with E-state index in [0.29, 0.717) is 11.3 Å². The van der Waals surface area contributed by atoms with Crippen LogP contribution in [0.2, 0.25) is 0 Å². The molecule has 2 saturated heterocycles. The molecule has 6 nitrogen and oxygen atoms in total. The standard InChI is InChI=1S/C27H18INO5/c1-14-6-8-15(9-7-14)22-20-21(26(33)29(25(20)32)17-12-10-16(28)11-13-17)27(34-22)23(30)18-4-2-3-5-19(18)24(27)31/h2-13,20-22H,1H3/t20-,21+,22-/m0/s1. The second-order valence-corrected chi connectivity index (χ2v) is 10.1. The molecule has 6 rings (SSSR count). The molecule has 2 heterocycles. The number of benzene rings is 3. The average Bonchev–Trinajstić information content (AvgIpc) is 3.40. The monoisotopic (exact) mass is 563 g/mol. The zero-order valence-corrected chi connectivity index (χ0v) is 20.2. The molecular formula is C27H18INO5. The fraction of sp³-hybridized carbons (Fsp3) is 0.185. The minimum atomic E-state index is -2.05. The summed E-state index contributed by atoms with van der Waals surface area (Å²) in [6, 6.07) is 20.9. The van der Waals surface area contributed by atoms with Crippen LogP contribution in [-0.2, 0) is 14.3 Å². The molecule has 168 valence electrons. The molecule has 1 spiro atoms. The van der Waals surface area contributed by atoms with Crippen LogP contribution < -0.4 is 4.90 Å². The highest BCUT2D eigenvalue weighted by atomic mass is 127. The van der Waals surface area contributed by atoms with Crippen molar-refractivity contribution in [1.29, 1.82) is 0 Å². The third-order valence-electron chi connectivity index (χ3n) is 7.01. The predicted molar refractivity (Wildman–Crippen MR) is 131 cm³/mol. The summed E-state index contributed by atoms with van der Waals surface area (Å²) in [5.74, 6) is -4.38. The van der Waals surface area contributed by atoms with Crippen molar-refractivity contribution in [2.75, 3.05) is 4.90 Å². The van der Waals surface area contributed by atoms with Crippen molar-refractivity contribution < 1.29 is 23.9 Å². The second kappa shape index (κ2) is 7.41. The number of hydrogen-bond donors (Lipinski definition) is 0. The zero-order chi connectivity index (χ0) is 23.8. The van der Waals surface area contributed by atoms with Gasteiger partial charge in [0.1, 0.15) is 0 Å². The topological polar surface area (TPSA) is 80.8 Å². The lowest BCUT2D eigenvalue weighted by Crippen LogP contribution is -2.51. The van der Waals surface area contributed by atoms with Gasteiger partial charge in [-0.1, -0.05) is 54.1 Å². The molecule has 0 unspecified atom stereocenters. The first kappa shape index (κ1) is 21.4. The first-order valence-electron chi connectivity index (χ1n) is 10.9. The van der Waals surface area contributed by atoms with Crippen molar-refractivity contribution in [3.8, 4) is 0 Å². The van der Waals surface area contributed by atoms with Gasteiger partial charge in [0, 0.05) is 14.7 Å². The number of imide groups is 1. The molecule has 0 saturated carbocycles. The van der Waals surface area contributed by atoms with Gasteiger partial charge in [0.25, 0.3) is 0 Å². The summed E-state index contributed by atoms with van der Waals surface area (Å²) in [7, 11) is 0. The van der Waals surface area contributed by atoms with Gasteiger partial charge in [-0.05, 0) is 59.3 Å². The summed E-state index contributed by atoms with van der Waals surface area (Å²) in [5, 5.41) is 0. The van der Waals surface area contributed by atoms with Crippen molar-refractivity contribution in [3.63, 3.8) is 0 Å². The lowest BCUT2D eigenvalue weighted by molar-refractivity contribution is -0.127. The summed E-state index contributed by atoms with van der Waals surface area (Å²) in [6.45, 7) is 1.94. The summed E-state index contributed by atoms with van der Waals surface area (Å²) >= 11 is 2.14. The minimum Gasteiger partial charge on any atom is -0.349 e. The molecule has 0 radical (unpaired) electrons. The van der Waals surface area contributed by atoms with E-state index in [4.69, 9.17) is 4.74 Å². The maximum Gasteiger partial charge on any atom is 0.241 e. The number of amides is 2. The Morgan fingerprint density at radius 2 is 1.38 bits per heavy atom. The van der Waals surface area contributed by atoms with Crippen LogP contribution in [0.4, 0.5) is 5.69 Å². The largest absolute Gasteiger partial charge is 0.349 e. The molecule has 0 bridgehead atoms. The molecule has 2 fully saturated rings. The zero-order valence-electron chi connectivity index (χ0n) is 18.0. The molecule has 2 aliphatic heterocycles. The smallest absolute Gasteiger partial charge is 0.241 e. The Bertz CT molecular complexity index is 1360. The Balaban J connectivity index is 1.54. The van der Waals surface area contributed by atoms with Crippen LogP contribution in [0.5, 0.6) is 0 Å². The van der Waals surface area contributed by atoms with Crippen molar-refractivity contribution in [1.82, 2.24) is 0 Å². The van der Waals surface area contributed by atoms with Gasteiger partial charge in [-0.3, -0.25) is 19.2 Å². The first-order valence-corrected chi connectivity index (χ1v) is 12.0. The third kappa shape index (κ3) is 2.71. The summed E-state index contributed by atoms with van der Waals surface area (Å²) in [6.07, 6.45) is -0.905. The predicted octanol–water partition coefficient (Wildman–Crippen LogP) is 4.29. The van der Waals surface area contributed by atoms with Gasteiger partial charge in [-0.2, -0.15) is 0 Å². The Morgan fingerprint density at radius 1 is 0.794 bits per heavy atom. The summed E-state index contributed by atoms with van der Waals surface area (Å²) < 4.78 is 7.24. The number of ether oxygens (including phenoxy) is 1. The molecule has 2 amide bonds. The number of aryl methyl sites for hydroxylation is 1. The quantitative estimate of drug-likeness (QED) is 0.264. The molecule has 3 aromatic rings. The number of ketones is 2. The number of carbonyl (C=O) groups is 4. The van der Waals surface area contributed by atoms with Gasteiger partial charge in [0.2, 0.25) is 29.0 Å². The molecule has 3 aliphatic rings. The second-order valence-electron chi connectivity index (χ2n) is 8.88.